The third kappa shape index (κ3) is 6.02. The summed E-state index contributed by atoms with van der Waals surface area (Å²) in [7, 11) is -0.605. The molecule has 0 aliphatic heterocycles. The molecular formula is C21H32N6O5S. The van der Waals surface area contributed by atoms with Crippen LogP contribution in [-0.2, 0) is 21.4 Å². The van der Waals surface area contributed by atoms with Gasteiger partial charge in [0.25, 0.3) is 5.56 Å². The number of benzene rings is 1. The highest BCUT2D eigenvalue weighted by Gasteiger charge is 2.23. The average Bonchev–Trinajstić information content (AvgIpc) is 2.72. The second kappa shape index (κ2) is 10.7. The topological polar surface area (TPSA) is 151 Å². The standard InChI is InChI=1S/C21H32N6O5S/c1-6-7-12-27-19(22)18(20(29)24-21(27)30)25(4)13-17(28)23-15-8-10-16(11-9-15)33(31,32)26(5)14(2)3/h8-11,14H,6-7,12-13,22H2,1-5H3,(H,23,28)(H,24,29,30). The van der Waals surface area contributed by atoms with Crippen molar-refractivity contribution in [1.82, 2.24) is 13.9 Å². The summed E-state index contributed by atoms with van der Waals surface area (Å²) in [5.41, 5.74) is 5.22. The molecule has 0 aliphatic rings. The highest BCUT2D eigenvalue weighted by molar-refractivity contribution is 7.89. The van der Waals surface area contributed by atoms with Gasteiger partial charge in [-0.05, 0) is 44.5 Å². The van der Waals surface area contributed by atoms with Crippen molar-refractivity contribution in [3.63, 3.8) is 0 Å². The number of likely N-dealkylation sites (N-methyl/N-ethyl adjacent to an activating group) is 1. The fraction of sp³-hybridized carbons (Fsp3) is 0.476. The number of aromatic amines is 1. The van der Waals surface area contributed by atoms with Crippen LogP contribution in [0.15, 0.2) is 38.8 Å². The average molecular weight is 481 g/mol. The molecule has 0 spiro atoms. The molecule has 2 aromatic rings. The van der Waals surface area contributed by atoms with E-state index in [1.165, 1.54) is 52.1 Å². The van der Waals surface area contributed by atoms with Crippen molar-refractivity contribution in [2.75, 3.05) is 36.6 Å². The molecule has 11 nitrogen and oxygen atoms in total. The van der Waals surface area contributed by atoms with Gasteiger partial charge in [0.2, 0.25) is 15.9 Å². The van der Waals surface area contributed by atoms with E-state index in [4.69, 9.17) is 5.73 Å². The molecule has 12 heteroatoms. The van der Waals surface area contributed by atoms with E-state index in [1.54, 1.807) is 13.8 Å². The first-order chi connectivity index (χ1) is 15.4. The molecule has 1 aromatic heterocycles. The maximum Gasteiger partial charge on any atom is 0.330 e. The second-order valence-electron chi connectivity index (χ2n) is 8.04. The quantitative estimate of drug-likeness (QED) is 0.459. The summed E-state index contributed by atoms with van der Waals surface area (Å²) in [5.74, 6) is -0.450. The van der Waals surface area contributed by atoms with Crippen LogP contribution >= 0.6 is 0 Å². The Morgan fingerprint density at radius 3 is 2.33 bits per heavy atom. The van der Waals surface area contributed by atoms with Gasteiger partial charge in [0.05, 0.1) is 11.4 Å². The maximum absolute atomic E-state index is 12.6. The van der Waals surface area contributed by atoms with Gasteiger partial charge in [-0.2, -0.15) is 4.31 Å². The van der Waals surface area contributed by atoms with E-state index in [9.17, 15) is 22.8 Å². The number of hydrogen-bond acceptors (Lipinski definition) is 7. The van der Waals surface area contributed by atoms with Gasteiger partial charge < -0.3 is 16.0 Å². The van der Waals surface area contributed by atoms with Gasteiger partial charge in [-0.3, -0.25) is 19.1 Å². The summed E-state index contributed by atoms with van der Waals surface area (Å²) in [6, 6.07) is 5.62. The lowest BCUT2D eigenvalue weighted by atomic mass is 10.3. The lowest BCUT2D eigenvalue weighted by Gasteiger charge is -2.22. The van der Waals surface area contributed by atoms with Crippen LogP contribution < -0.4 is 27.2 Å². The predicted molar refractivity (Wildman–Crippen MR) is 129 cm³/mol. The number of anilines is 3. The van der Waals surface area contributed by atoms with Crippen molar-refractivity contribution in [2.24, 2.45) is 0 Å². The van der Waals surface area contributed by atoms with Gasteiger partial charge in [0.15, 0.2) is 0 Å². The van der Waals surface area contributed by atoms with Crippen LogP contribution in [0.1, 0.15) is 33.6 Å². The third-order valence-corrected chi connectivity index (χ3v) is 7.30. The molecule has 1 aromatic carbocycles. The summed E-state index contributed by atoms with van der Waals surface area (Å²) in [5, 5.41) is 2.66. The minimum absolute atomic E-state index is 0.00340. The number of carbonyl (C=O) groups is 1. The zero-order valence-corrected chi connectivity index (χ0v) is 20.4. The molecule has 0 fully saturated rings. The van der Waals surface area contributed by atoms with E-state index in [0.717, 1.165) is 6.42 Å². The van der Waals surface area contributed by atoms with Crippen LogP contribution in [0, 0.1) is 0 Å². The molecule has 4 N–H and O–H groups in total. The SMILES string of the molecule is CCCCn1c(N)c(N(C)CC(=O)Nc2ccc(S(=O)(=O)N(C)C(C)C)cc2)c(=O)[nH]c1=O. The Morgan fingerprint density at radius 2 is 1.79 bits per heavy atom. The minimum Gasteiger partial charge on any atom is -0.383 e. The first-order valence-corrected chi connectivity index (χ1v) is 12.1. The lowest BCUT2D eigenvalue weighted by molar-refractivity contribution is -0.114. The van der Waals surface area contributed by atoms with E-state index < -0.39 is 27.2 Å². The minimum atomic E-state index is -3.63. The summed E-state index contributed by atoms with van der Waals surface area (Å²) in [4.78, 5) is 40.6. The van der Waals surface area contributed by atoms with Crippen LogP contribution in [0.4, 0.5) is 17.2 Å². The first kappa shape index (κ1) is 26.1. The van der Waals surface area contributed by atoms with Gasteiger partial charge in [-0.25, -0.2) is 13.2 Å². The number of nitrogen functional groups attached to an aromatic ring is 1. The number of aromatic nitrogens is 2. The zero-order valence-electron chi connectivity index (χ0n) is 19.6. The Morgan fingerprint density at radius 1 is 1.18 bits per heavy atom. The molecule has 0 bridgehead atoms. The number of hydrogen-bond donors (Lipinski definition) is 3. The van der Waals surface area contributed by atoms with Gasteiger partial charge in [-0.1, -0.05) is 13.3 Å². The van der Waals surface area contributed by atoms with Crippen molar-refractivity contribution in [2.45, 2.75) is 51.1 Å². The van der Waals surface area contributed by atoms with E-state index in [2.05, 4.69) is 10.3 Å². The molecule has 2 rings (SSSR count). The number of unbranched alkanes of at least 4 members (excludes halogenated alkanes) is 1. The van der Waals surface area contributed by atoms with Crippen LogP contribution in [0.5, 0.6) is 0 Å². The number of nitrogens with zero attached hydrogens (tertiary/aromatic N) is 3. The Bertz CT molecular complexity index is 1200. The molecule has 0 unspecified atom stereocenters. The summed E-state index contributed by atoms with van der Waals surface area (Å²) < 4.78 is 27.6. The molecule has 182 valence electrons. The van der Waals surface area contributed by atoms with Crippen LogP contribution in [-0.4, -0.2) is 54.9 Å². The molecule has 0 atom stereocenters. The van der Waals surface area contributed by atoms with E-state index >= 15 is 0 Å². The Labute approximate surface area is 193 Å². The predicted octanol–water partition coefficient (Wildman–Crippen LogP) is 1.02. The number of nitrogens with one attached hydrogen (secondary N) is 2. The molecular weight excluding hydrogens is 448 g/mol. The highest BCUT2D eigenvalue weighted by atomic mass is 32.2. The van der Waals surface area contributed by atoms with Crippen molar-refractivity contribution in [1.29, 1.82) is 0 Å². The van der Waals surface area contributed by atoms with Gasteiger partial charge in [0, 0.05) is 32.4 Å². The maximum atomic E-state index is 12.6. The fourth-order valence-corrected chi connectivity index (χ4v) is 4.50. The zero-order chi connectivity index (χ0) is 24.9. The molecule has 1 heterocycles. The number of carbonyl (C=O) groups excluding carboxylic acids is 1. The number of sulfonamides is 1. The van der Waals surface area contributed by atoms with E-state index in [0.29, 0.717) is 18.7 Å². The van der Waals surface area contributed by atoms with E-state index in [-0.39, 0.29) is 29.0 Å². The largest absolute Gasteiger partial charge is 0.383 e. The molecule has 0 saturated heterocycles. The van der Waals surface area contributed by atoms with Gasteiger partial charge in [-0.15, -0.1) is 0 Å². The summed E-state index contributed by atoms with van der Waals surface area (Å²) in [6.45, 7) is 5.66. The van der Waals surface area contributed by atoms with Crippen molar-refractivity contribution in [3.8, 4) is 0 Å². The van der Waals surface area contributed by atoms with Crippen LogP contribution in [0.25, 0.3) is 0 Å². The Kier molecular flexibility index (Phi) is 8.45. The van der Waals surface area contributed by atoms with Crippen molar-refractivity contribution >= 4 is 33.1 Å². The Balaban J connectivity index is 2.16. The molecule has 1 amide bonds. The molecule has 0 radical (unpaired) electrons. The monoisotopic (exact) mass is 480 g/mol. The number of amides is 1. The molecule has 33 heavy (non-hydrogen) atoms. The van der Waals surface area contributed by atoms with E-state index in [1.807, 2.05) is 6.92 Å². The second-order valence-corrected chi connectivity index (χ2v) is 10.0. The summed E-state index contributed by atoms with van der Waals surface area (Å²) in [6.07, 6.45) is 1.55. The number of nitrogens with two attached hydrogens (primary N) is 1. The number of rotatable bonds is 10. The van der Waals surface area contributed by atoms with Crippen LogP contribution in [0.2, 0.25) is 0 Å². The Hall–Kier alpha value is -3.12. The fourth-order valence-electron chi connectivity index (χ4n) is 3.13. The lowest BCUT2D eigenvalue weighted by Crippen LogP contribution is -2.39. The highest BCUT2D eigenvalue weighted by Crippen LogP contribution is 2.19. The number of H-pyrrole nitrogens is 1. The molecule has 0 saturated carbocycles. The molecule has 0 aliphatic carbocycles. The smallest absolute Gasteiger partial charge is 0.330 e. The normalized spacial score (nSPS) is 11.7. The van der Waals surface area contributed by atoms with Crippen LogP contribution in [0.3, 0.4) is 0 Å². The van der Waals surface area contributed by atoms with Gasteiger partial charge in [0.1, 0.15) is 11.5 Å². The summed E-state index contributed by atoms with van der Waals surface area (Å²) >= 11 is 0. The van der Waals surface area contributed by atoms with Crippen molar-refractivity contribution in [3.05, 3.63) is 45.1 Å². The van der Waals surface area contributed by atoms with Gasteiger partial charge >= 0.3 is 5.69 Å². The third-order valence-electron chi connectivity index (χ3n) is 5.25. The van der Waals surface area contributed by atoms with Crippen molar-refractivity contribution < 1.29 is 13.2 Å². The first-order valence-electron chi connectivity index (χ1n) is 10.6.